The topological polar surface area (TPSA) is 103 Å². The van der Waals surface area contributed by atoms with Gasteiger partial charge in [-0.3, -0.25) is 4.79 Å². The van der Waals surface area contributed by atoms with Crippen molar-refractivity contribution in [3.05, 3.63) is 59.2 Å². The van der Waals surface area contributed by atoms with Gasteiger partial charge in [0, 0.05) is 30.3 Å². The van der Waals surface area contributed by atoms with E-state index in [2.05, 4.69) is 16.0 Å². The number of rotatable bonds is 5. The van der Waals surface area contributed by atoms with Gasteiger partial charge < -0.3 is 14.4 Å². The highest BCUT2D eigenvalue weighted by molar-refractivity contribution is 5.99. The number of fused-ring (bicyclic) bond motifs is 1. The lowest BCUT2D eigenvalue weighted by atomic mass is 9.99. The normalized spacial score (nSPS) is 14.0. The number of aliphatic hydroxyl groups excluding tert-OH is 1. The Kier molecular flexibility index (Phi) is 4.87. The van der Waals surface area contributed by atoms with Crippen LogP contribution in [-0.4, -0.2) is 39.0 Å². The fraction of sp³-hybridized carbons (Fsp3) is 0.273. The van der Waals surface area contributed by atoms with Gasteiger partial charge in [-0.15, -0.1) is 0 Å². The zero-order valence-corrected chi connectivity index (χ0v) is 16.2. The molecule has 0 radical (unpaired) electrons. The summed E-state index contributed by atoms with van der Waals surface area (Å²) >= 11 is 0. The Labute approximate surface area is 168 Å². The summed E-state index contributed by atoms with van der Waals surface area (Å²) in [6, 6.07) is 11.1. The van der Waals surface area contributed by atoms with Crippen LogP contribution in [0.25, 0.3) is 22.6 Å². The number of nitrogens with zero attached hydrogens (tertiary/aromatic N) is 4. The Bertz CT molecular complexity index is 1130. The van der Waals surface area contributed by atoms with Crippen molar-refractivity contribution in [2.45, 2.75) is 32.4 Å². The van der Waals surface area contributed by atoms with E-state index in [1.54, 1.807) is 30.3 Å². The number of aromatic nitrogens is 2. The smallest absolute Gasteiger partial charge is 0.254 e. The molecule has 0 aliphatic carbocycles. The van der Waals surface area contributed by atoms with Crippen LogP contribution in [0.5, 0.6) is 0 Å². The predicted molar refractivity (Wildman–Crippen MR) is 106 cm³/mol. The van der Waals surface area contributed by atoms with E-state index in [4.69, 9.17) is 4.42 Å². The van der Waals surface area contributed by atoms with Crippen LogP contribution in [0.1, 0.15) is 40.9 Å². The van der Waals surface area contributed by atoms with E-state index in [-0.39, 0.29) is 11.6 Å². The molecule has 146 valence electrons. The minimum absolute atomic E-state index is 0.0321. The molecule has 1 N–H and O–H groups in total. The number of hydrogen-bond donors (Lipinski definition) is 1. The highest BCUT2D eigenvalue weighted by Gasteiger charge is 2.25. The van der Waals surface area contributed by atoms with E-state index >= 15 is 0 Å². The first-order valence-corrected chi connectivity index (χ1v) is 9.43. The predicted octanol–water partition coefficient (Wildman–Crippen LogP) is 3.17. The first kappa shape index (κ1) is 18.8. The van der Waals surface area contributed by atoms with Crippen molar-refractivity contribution in [1.29, 1.82) is 5.26 Å². The molecular formula is C22H20N4O3. The van der Waals surface area contributed by atoms with Gasteiger partial charge in [-0.25, -0.2) is 9.97 Å². The third-order valence-electron chi connectivity index (χ3n) is 5.08. The number of oxazole rings is 1. The second-order valence-electron chi connectivity index (χ2n) is 7.12. The monoisotopic (exact) mass is 388 g/mol. The Hall–Kier alpha value is -3.50. The maximum absolute atomic E-state index is 12.4. The fourth-order valence-electron chi connectivity index (χ4n) is 3.41. The minimum Gasteiger partial charge on any atom is -0.441 e. The number of carbonyl (C=O) groups is 1. The minimum atomic E-state index is -0.514. The van der Waals surface area contributed by atoms with Crippen molar-refractivity contribution in [1.82, 2.24) is 14.9 Å². The Morgan fingerprint density at radius 2 is 2.14 bits per heavy atom. The summed E-state index contributed by atoms with van der Waals surface area (Å²) in [6.07, 6.45) is 2.02. The molecule has 1 aliphatic rings. The standard InChI is InChI=1S/C22H20N4O3/c1-3-16(27)9-20-24-11-19(29-20)17-7-6-15(10-23)25-21(17)13-4-5-14-12-26(2)22(28)18(14)8-13/h4-8,11,16,27H,3,9,12H2,1-2H3. The molecule has 0 bridgehead atoms. The lowest BCUT2D eigenvalue weighted by molar-refractivity contribution is 0.0816. The number of hydrogen-bond acceptors (Lipinski definition) is 6. The zero-order valence-electron chi connectivity index (χ0n) is 16.2. The van der Waals surface area contributed by atoms with Crippen molar-refractivity contribution in [2.75, 3.05) is 7.05 Å². The first-order valence-electron chi connectivity index (χ1n) is 9.43. The van der Waals surface area contributed by atoms with Crippen molar-refractivity contribution in [3.8, 4) is 28.7 Å². The molecule has 29 heavy (non-hydrogen) atoms. The Morgan fingerprint density at radius 1 is 1.31 bits per heavy atom. The quantitative estimate of drug-likeness (QED) is 0.720. The summed E-state index contributed by atoms with van der Waals surface area (Å²) in [5.74, 6) is 0.907. The molecule has 2 aromatic heterocycles. The van der Waals surface area contributed by atoms with E-state index in [9.17, 15) is 15.2 Å². The molecule has 1 atom stereocenters. The molecule has 3 heterocycles. The maximum Gasteiger partial charge on any atom is 0.254 e. The van der Waals surface area contributed by atoms with Crippen LogP contribution in [-0.2, 0) is 13.0 Å². The van der Waals surface area contributed by atoms with Gasteiger partial charge in [-0.05, 0) is 30.2 Å². The van der Waals surface area contributed by atoms with Crippen LogP contribution in [0.15, 0.2) is 40.9 Å². The van der Waals surface area contributed by atoms with Crippen molar-refractivity contribution < 1.29 is 14.3 Å². The van der Waals surface area contributed by atoms with Gasteiger partial charge in [0.05, 0.1) is 24.4 Å². The molecule has 0 fully saturated rings. The lowest BCUT2D eigenvalue weighted by Gasteiger charge is -2.09. The molecule has 1 amide bonds. The van der Waals surface area contributed by atoms with Crippen molar-refractivity contribution in [2.24, 2.45) is 0 Å². The van der Waals surface area contributed by atoms with E-state index in [1.807, 2.05) is 25.1 Å². The van der Waals surface area contributed by atoms with Crippen LogP contribution in [0.2, 0.25) is 0 Å². The number of aliphatic hydroxyl groups is 1. The van der Waals surface area contributed by atoms with Gasteiger partial charge in [0.25, 0.3) is 5.91 Å². The summed E-state index contributed by atoms with van der Waals surface area (Å²) in [7, 11) is 1.77. The molecule has 7 nitrogen and oxygen atoms in total. The lowest BCUT2D eigenvalue weighted by Crippen LogP contribution is -2.17. The van der Waals surface area contributed by atoms with Crippen LogP contribution >= 0.6 is 0 Å². The van der Waals surface area contributed by atoms with Gasteiger partial charge in [-0.1, -0.05) is 19.1 Å². The average molecular weight is 388 g/mol. The molecule has 0 saturated carbocycles. The zero-order chi connectivity index (χ0) is 20.5. The van der Waals surface area contributed by atoms with Gasteiger partial charge in [0.15, 0.2) is 11.7 Å². The number of carbonyl (C=O) groups excluding carboxylic acids is 1. The van der Waals surface area contributed by atoms with E-state index < -0.39 is 6.10 Å². The third kappa shape index (κ3) is 3.50. The molecule has 1 aromatic carbocycles. The molecule has 7 heteroatoms. The maximum atomic E-state index is 12.4. The Morgan fingerprint density at radius 3 is 2.90 bits per heavy atom. The molecule has 1 aliphatic heterocycles. The van der Waals surface area contributed by atoms with E-state index in [0.29, 0.717) is 47.9 Å². The second kappa shape index (κ2) is 7.49. The van der Waals surface area contributed by atoms with Crippen LogP contribution in [0.3, 0.4) is 0 Å². The van der Waals surface area contributed by atoms with Crippen LogP contribution in [0, 0.1) is 11.3 Å². The van der Waals surface area contributed by atoms with Crippen LogP contribution in [0.4, 0.5) is 0 Å². The fourth-order valence-corrected chi connectivity index (χ4v) is 3.41. The van der Waals surface area contributed by atoms with Crippen molar-refractivity contribution in [3.63, 3.8) is 0 Å². The number of benzene rings is 1. The number of amides is 1. The second-order valence-corrected chi connectivity index (χ2v) is 7.12. The first-order chi connectivity index (χ1) is 14.0. The summed E-state index contributed by atoms with van der Waals surface area (Å²) < 4.78 is 5.84. The largest absolute Gasteiger partial charge is 0.441 e. The van der Waals surface area contributed by atoms with Gasteiger partial charge in [0.2, 0.25) is 0 Å². The van der Waals surface area contributed by atoms with E-state index in [0.717, 1.165) is 11.1 Å². The molecule has 3 aromatic rings. The molecule has 1 unspecified atom stereocenters. The summed E-state index contributed by atoms with van der Waals surface area (Å²) in [5, 5.41) is 19.1. The summed E-state index contributed by atoms with van der Waals surface area (Å²) in [4.78, 5) is 22.8. The molecular weight excluding hydrogens is 368 g/mol. The molecule has 0 saturated heterocycles. The number of nitriles is 1. The molecule has 0 spiro atoms. The summed E-state index contributed by atoms with van der Waals surface area (Å²) in [5.41, 5.74) is 3.83. The van der Waals surface area contributed by atoms with Gasteiger partial charge in [-0.2, -0.15) is 5.26 Å². The van der Waals surface area contributed by atoms with Crippen LogP contribution < -0.4 is 0 Å². The van der Waals surface area contributed by atoms with Crippen molar-refractivity contribution >= 4 is 5.91 Å². The van der Waals surface area contributed by atoms with Gasteiger partial charge in [0.1, 0.15) is 11.8 Å². The van der Waals surface area contributed by atoms with E-state index in [1.165, 1.54) is 0 Å². The Balaban J connectivity index is 1.79. The highest BCUT2D eigenvalue weighted by atomic mass is 16.4. The average Bonchev–Trinajstić information content (AvgIpc) is 3.31. The SMILES string of the molecule is CCC(O)Cc1ncc(-c2ccc(C#N)nc2-c2ccc3c(c2)C(=O)N(C)C3)o1. The van der Waals surface area contributed by atoms with Gasteiger partial charge >= 0.3 is 0 Å². The number of pyridine rings is 1. The molecule has 4 rings (SSSR count). The summed E-state index contributed by atoms with van der Waals surface area (Å²) in [6.45, 7) is 2.47. The highest BCUT2D eigenvalue weighted by Crippen LogP contribution is 2.34. The third-order valence-corrected chi connectivity index (χ3v) is 5.08.